The molecule has 1 aliphatic rings. The first kappa shape index (κ1) is 27.3. The minimum Gasteiger partial charge on any atom is -0.363 e. The first-order valence-electron chi connectivity index (χ1n) is 12.3. The number of halogens is 3. The third-order valence-electron chi connectivity index (χ3n) is 6.54. The number of alkyl halides is 3. The molecule has 4 rings (SSSR count). The second kappa shape index (κ2) is 10.9. The number of nitro groups is 1. The first-order valence-corrected chi connectivity index (χ1v) is 12.3. The zero-order valence-electron chi connectivity index (χ0n) is 21.8. The van der Waals surface area contributed by atoms with Crippen LogP contribution in [0.2, 0.25) is 0 Å². The molecule has 0 bridgehead atoms. The van der Waals surface area contributed by atoms with Gasteiger partial charge in [-0.1, -0.05) is 0 Å². The number of aromatic nitrogens is 3. The number of anilines is 3. The summed E-state index contributed by atoms with van der Waals surface area (Å²) >= 11 is 0. The fraction of sp³-hybridized carbons (Fsp3) is 0.480. The highest BCUT2D eigenvalue weighted by atomic mass is 19.4. The molecule has 1 saturated heterocycles. The highest BCUT2D eigenvalue weighted by Crippen LogP contribution is 2.35. The predicted molar refractivity (Wildman–Crippen MR) is 141 cm³/mol. The highest BCUT2D eigenvalue weighted by molar-refractivity contribution is 5.91. The van der Waals surface area contributed by atoms with Crippen molar-refractivity contribution in [2.45, 2.75) is 32.0 Å². The molecule has 0 aliphatic carbocycles. The molecule has 0 saturated carbocycles. The van der Waals surface area contributed by atoms with E-state index in [1.165, 1.54) is 0 Å². The Hall–Kier alpha value is -3.74. The Morgan fingerprint density at radius 1 is 1.11 bits per heavy atom. The van der Waals surface area contributed by atoms with Crippen molar-refractivity contribution < 1.29 is 18.1 Å². The lowest BCUT2D eigenvalue weighted by Gasteiger charge is -2.23. The molecule has 13 heteroatoms. The second-order valence-corrected chi connectivity index (χ2v) is 9.78. The van der Waals surface area contributed by atoms with Crippen LogP contribution in [0.15, 0.2) is 30.5 Å². The van der Waals surface area contributed by atoms with Gasteiger partial charge in [-0.05, 0) is 51.6 Å². The van der Waals surface area contributed by atoms with Gasteiger partial charge in [0.2, 0.25) is 5.95 Å². The van der Waals surface area contributed by atoms with Crippen molar-refractivity contribution in [2.24, 2.45) is 0 Å². The molecule has 2 aromatic heterocycles. The molecule has 3 aromatic rings. The molecule has 0 amide bonds. The Morgan fingerprint density at radius 3 is 2.45 bits per heavy atom. The Bertz CT molecular complexity index is 1310. The van der Waals surface area contributed by atoms with E-state index in [-0.39, 0.29) is 5.56 Å². The van der Waals surface area contributed by atoms with E-state index >= 15 is 0 Å². The number of nitro benzene ring substituents is 1. The van der Waals surface area contributed by atoms with E-state index in [0.717, 1.165) is 50.4 Å². The number of fused-ring (bicyclic) bond motifs is 1. The molecule has 1 N–H and O–H groups in total. The van der Waals surface area contributed by atoms with Crippen molar-refractivity contribution >= 4 is 34.2 Å². The number of likely N-dealkylation sites (N-methyl/N-ethyl adjacent to an activating group) is 2. The van der Waals surface area contributed by atoms with Gasteiger partial charge in [0.25, 0.3) is 5.69 Å². The Morgan fingerprint density at radius 2 is 1.82 bits per heavy atom. The largest absolute Gasteiger partial charge is 0.416 e. The Kier molecular flexibility index (Phi) is 7.86. The van der Waals surface area contributed by atoms with E-state index in [1.54, 1.807) is 13.1 Å². The van der Waals surface area contributed by atoms with Gasteiger partial charge in [-0.3, -0.25) is 10.1 Å². The van der Waals surface area contributed by atoms with Crippen LogP contribution < -0.4 is 15.1 Å². The lowest BCUT2D eigenvalue weighted by atomic mass is 10.0. The molecule has 38 heavy (non-hydrogen) atoms. The minimum atomic E-state index is -4.72. The van der Waals surface area contributed by atoms with Crippen LogP contribution in [0.3, 0.4) is 0 Å². The third kappa shape index (κ3) is 6.21. The van der Waals surface area contributed by atoms with Gasteiger partial charge in [0.1, 0.15) is 11.6 Å². The maximum atomic E-state index is 13.5. The maximum Gasteiger partial charge on any atom is 0.416 e. The fourth-order valence-electron chi connectivity index (χ4n) is 4.30. The first-order chi connectivity index (χ1) is 17.9. The van der Waals surface area contributed by atoms with Crippen LogP contribution in [0.1, 0.15) is 36.9 Å². The van der Waals surface area contributed by atoms with E-state index in [0.29, 0.717) is 35.3 Å². The lowest BCUT2D eigenvalue weighted by molar-refractivity contribution is -0.385. The van der Waals surface area contributed by atoms with Crippen LogP contribution in [0.4, 0.5) is 36.4 Å². The van der Waals surface area contributed by atoms with Gasteiger partial charge in [-0.15, -0.1) is 0 Å². The van der Waals surface area contributed by atoms with Gasteiger partial charge in [0, 0.05) is 50.7 Å². The van der Waals surface area contributed by atoms with Crippen molar-refractivity contribution in [3.8, 4) is 0 Å². The monoisotopic (exact) mass is 532 g/mol. The number of non-ortho nitro benzene ring substituents is 1. The van der Waals surface area contributed by atoms with Gasteiger partial charge in [0.15, 0.2) is 0 Å². The molecule has 3 heterocycles. The zero-order valence-corrected chi connectivity index (χ0v) is 21.8. The molecule has 1 aromatic carbocycles. The number of rotatable bonds is 9. The number of hydrogen-bond acceptors (Lipinski definition) is 9. The summed E-state index contributed by atoms with van der Waals surface area (Å²) in [5, 5.41) is 15.2. The molecular formula is C25H31F3N8O2. The standard InChI is InChI=1S/C25H31F3N8O2/c1-16(17-11-18(25(26,27)28)13-19(12-17)36(37)38)30-23-20-14-22(35-7-5-6-8-35)29-15-21(20)31-24(32-23)34(4)10-9-33(2)3/h11-16H,5-10H2,1-4H3,(H,30,31,32). The predicted octanol–water partition coefficient (Wildman–Crippen LogP) is 4.72. The third-order valence-corrected chi connectivity index (χ3v) is 6.54. The summed E-state index contributed by atoms with van der Waals surface area (Å²) < 4.78 is 40.5. The van der Waals surface area contributed by atoms with Crippen LogP contribution in [0.5, 0.6) is 0 Å². The number of hydrogen-bond donors (Lipinski definition) is 1. The highest BCUT2D eigenvalue weighted by Gasteiger charge is 2.33. The van der Waals surface area contributed by atoms with Gasteiger partial charge in [-0.25, -0.2) is 9.97 Å². The van der Waals surface area contributed by atoms with Crippen molar-refractivity contribution in [3.05, 3.63) is 51.7 Å². The average molecular weight is 533 g/mol. The molecule has 204 valence electrons. The summed E-state index contributed by atoms with van der Waals surface area (Å²) in [6.07, 6.45) is -0.899. The summed E-state index contributed by atoms with van der Waals surface area (Å²) in [5.74, 6) is 1.62. The summed E-state index contributed by atoms with van der Waals surface area (Å²) in [7, 11) is 5.78. The molecule has 0 radical (unpaired) electrons. The Labute approximate surface area is 218 Å². The fourth-order valence-corrected chi connectivity index (χ4v) is 4.30. The van der Waals surface area contributed by atoms with Crippen molar-refractivity contribution in [1.29, 1.82) is 0 Å². The minimum absolute atomic E-state index is 0.120. The van der Waals surface area contributed by atoms with Gasteiger partial charge >= 0.3 is 6.18 Å². The lowest BCUT2D eigenvalue weighted by Crippen LogP contribution is -2.30. The number of pyridine rings is 1. The topological polar surface area (TPSA) is 104 Å². The van der Waals surface area contributed by atoms with Crippen LogP contribution in [-0.2, 0) is 6.18 Å². The van der Waals surface area contributed by atoms with E-state index < -0.39 is 28.4 Å². The van der Waals surface area contributed by atoms with Crippen LogP contribution in [0, 0.1) is 10.1 Å². The van der Waals surface area contributed by atoms with Crippen molar-refractivity contribution in [3.63, 3.8) is 0 Å². The molecule has 1 unspecified atom stereocenters. The van der Waals surface area contributed by atoms with Gasteiger partial charge in [-0.2, -0.15) is 18.2 Å². The van der Waals surface area contributed by atoms with Crippen LogP contribution in [-0.4, -0.2) is 72.1 Å². The van der Waals surface area contributed by atoms with Crippen molar-refractivity contribution in [1.82, 2.24) is 19.9 Å². The summed E-state index contributed by atoms with van der Waals surface area (Å²) in [5.41, 5.74) is -0.998. The number of benzene rings is 1. The van der Waals surface area contributed by atoms with E-state index in [2.05, 4.69) is 20.2 Å². The summed E-state index contributed by atoms with van der Waals surface area (Å²) in [6.45, 7) is 4.82. The van der Waals surface area contributed by atoms with E-state index in [4.69, 9.17) is 4.98 Å². The second-order valence-electron chi connectivity index (χ2n) is 9.78. The molecule has 10 nitrogen and oxygen atoms in total. The van der Waals surface area contributed by atoms with Crippen LogP contribution >= 0.6 is 0 Å². The van der Waals surface area contributed by atoms with Crippen molar-refractivity contribution in [2.75, 3.05) is 62.4 Å². The van der Waals surface area contributed by atoms with Gasteiger partial charge in [0.05, 0.1) is 28.2 Å². The summed E-state index contributed by atoms with van der Waals surface area (Å²) in [6, 6.07) is 3.78. The molecular weight excluding hydrogens is 501 g/mol. The van der Waals surface area contributed by atoms with E-state index in [1.807, 2.05) is 37.0 Å². The molecule has 1 atom stereocenters. The van der Waals surface area contributed by atoms with Crippen LogP contribution in [0.25, 0.3) is 10.9 Å². The smallest absolute Gasteiger partial charge is 0.363 e. The summed E-state index contributed by atoms with van der Waals surface area (Å²) in [4.78, 5) is 30.6. The molecule has 1 aliphatic heterocycles. The number of nitrogens with one attached hydrogen (secondary N) is 1. The molecule has 1 fully saturated rings. The SMILES string of the molecule is CC(Nc1nc(N(C)CCN(C)C)nc2cnc(N3CCCC3)cc12)c1cc([N+](=O)[O-])cc(C(F)(F)F)c1. The number of nitrogens with zero attached hydrogens (tertiary/aromatic N) is 7. The quantitative estimate of drug-likeness (QED) is 0.310. The normalized spacial score (nSPS) is 14.8. The Balaban J connectivity index is 1.76. The average Bonchev–Trinajstić information content (AvgIpc) is 3.41. The maximum absolute atomic E-state index is 13.5. The van der Waals surface area contributed by atoms with Gasteiger partial charge < -0.3 is 20.0 Å². The molecule has 0 spiro atoms. The van der Waals surface area contributed by atoms with E-state index in [9.17, 15) is 23.3 Å². The zero-order chi connectivity index (χ0) is 27.6.